The molecule has 0 spiro atoms. The molecule has 17 heavy (non-hydrogen) atoms. The molecule has 0 fully saturated rings. The maximum atomic E-state index is 12.2. The molecule has 0 heterocycles. The number of ether oxygens (including phenoxy) is 1. The van der Waals surface area contributed by atoms with Gasteiger partial charge in [0.25, 0.3) is 0 Å². The van der Waals surface area contributed by atoms with Gasteiger partial charge in [-0.15, -0.1) is 0 Å². The van der Waals surface area contributed by atoms with Gasteiger partial charge in [0.2, 0.25) is 5.91 Å². The molecule has 0 bridgehead atoms. The summed E-state index contributed by atoms with van der Waals surface area (Å²) in [6.45, 7) is 12.1. The van der Waals surface area contributed by atoms with Gasteiger partial charge in [-0.05, 0) is 20.8 Å². The van der Waals surface area contributed by atoms with Crippen LogP contribution in [0.15, 0.2) is 0 Å². The van der Waals surface area contributed by atoms with Gasteiger partial charge in [0.1, 0.15) is 0 Å². The topological polar surface area (TPSA) is 46.6 Å². The van der Waals surface area contributed by atoms with Crippen molar-refractivity contribution in [2.45, 2.75) is 54.0 Å². The molecule has 0 N–H and O–H groups in total. The van der Waals surface area contributed by atoms with Crippen molar-refractivity contribution in [3.63, 3.8) is 0 Å². The first-order valence-electron chi connectivity index (χ1n) is 6.16. The molecule has 0 saturated heterocycles. The minimum Gasteiger partial charge on any atom is -0.466 e. The number of carbonyl (C=O) groups excluding carboxylic acids is 2. The normalized spacial score (nSPS) is 11.5. The maximum absolute atomic E-state index is 12.2. The average molecular weight is 243 g/mol. The summed E-state index contributed by atoms with van der Waals surface area (Å²) in [6.07, 6.45) is 0.258. The minimum atomic E-state index is -0.418. The molecule has 0 saturated carbocycles. The van der Waals surface area contributed by atoms with Crippen molar-refractivity contribution in [1.29, 1.82) is 0 Å². The van der Waals surface area contributed by atoms with Crippen LogP contribution < -0.4 is 0 Å². The van der Waals surface area contributed by atoms with Crippen molar-refractivity contribution in [3.05, 3.63) is 0 Å². The van der Waals surface area contributed by atoms with Crippen LogP contribution in [0, 0.1) is 5.41 Å². The molecule has 0 aliphatic heterocycles. The van der Waals surface area contributed by atoms with E-state index >= 15 is 0 Å². The second-order valence-corrected chi connectivity index (χ2v) is 5.40. The van der Waals surface area contributed by atoms with Crippen LogP contribution in [-0.4, -0.2) is 36.0 Å². The van der Waals surface area contributed by atoms with Crippen molar-refractivity contribution in [1.82, 2.24) is 4.90 Å². The Kier molecular flexibility index (Phi) is 6.21. The number of hydrogen-bond acceptors (Lipinski definition) is 3. The molecule has 0 rings (SSSR count). The molecule has 0 aromatic rings. The molecule has 0 aromatic carbocycles. The summed E-state index contributed by atoms with van der Waals surface area (Å²) >= 11 is 0. The fraction of sp³-hybridized carbons (Fsp3) is 0.846. The van der Waals surface area contributed by atoms with Crippen molar-refractivity contribution in [2.24, 2.45) is 5.41 Å². The number of carbonyl (C=O) groups is 2. The quantitative estimate of drug-likeness (QED) is 0.696. The van der Waals surface area contributed by atoms with Gasteiger partial charge >= 0.3 is 5.97 Å². The lowest BCUT2D eigenvalue weighted by molar-refractivity contribution is -0.146. The minimum absolute atomic E-state index is 0.0665. The predicted molar refractivity (Wildman–Crippen MR) is 67.6 cm³/mol. The van der Waals surface area contributed by atoms with E-state index in [0.29, 0.717) is 13.2 Å². The number of esters is 1. The fourth-order valence-electron chi connectivity index (χ4n) is 1.47. The standard InChI is InChI=1S/C13H25NO3/c1-7-17-11(15)8-9-14(10(2)3)12(16)13(4,5)6/h10H,7-9H2,1-6H3. The summed E-state index contributed by atoms with van der Waals surface area (Å²) < 4.78 is 4.86. The highest BCUT2D eigenvalue weighted by atomic mass is 16.5. The maximum Gasteiger partial charge on any atom is 0.307 e. The molecule has 0 aliphatic carbocycles. The summed E-state index contributed by atoms with van der Waals surface area (Å²) in [7, 11) is 0. The zero-order valence-electron chi connectivity index (χ0n) is 11.9. The molecular weight excluding hydrogens is 218 g/mol. The molecule has 0 atom stereocenters. The van der Waals surface area contributed by atoms with Crippen molar-refractivity contribution in [2.75, 3.05) is 13.2 Å². The summed E-state index contributed by atoms with van der Waals surface area (Å²) in [5.41, 5.74) is -0.418. The Balaban J connectivity index is 4.46. The van der Waals surface area contributed by atoms with Crippen molar-refractivity contribution in [3.8, 4) is 0 Å². The van der Waals surface area contributed by atoms with Crippen LogP contribution in [0.25, 0.3) is 0 Å². The SMILES string of the molecule is CCOC(=O)CCN(C(=O)C(C)(C)C)C(C)C. The molecule has 4 nitrogen and oxygen atoms in total. The van der Waals surface area contributed by atoms with Crippen LogP contribution >= 0.6 is 0 Å². The van der Waals surface area contributed by atoms with E-state index in [1.165, 1.54) is 0 Å². The second-order valence-electron chi connectivity index (χ2n) is 5.40. The van der Waals surface area contributed by atoms with Crippen LogP contribution in [-0.2, 0) is 14.3 Å². The number of rotatable bonds is 5. The van der Waals surface area contributed by atoms with Gasteiger partial charge in [-0.2, -0.15) is 0 Å². The van der Waals surface area contributed by atoms with E-state index in [4.69, 9.17) is 4.74 Å². The molecule has 4 heteroatoms. The van der Waals surface area contributed by atoms with Crippen molar-refractivity contribution < 1.29 is 14.3 Å². The molecular formula is C13H25NO3. The van der Waals surface area contributed by atoms with Gasteiger partial charge < -0.3 is 9.64 Å². The monoisotopic (exact) mass is 243 g/mol. The van der Waals surface area contributed by atoms with E-state index in [1.807, 2.05) is 34.6 Å². The molecule has 1 amide bonds. The van der Waals surface area contributed by atoms with E-state index in [-0.39, 0.29) is 24.3 Å². The first kappa shape index (κ1) is 15.9. The molecule has 0 radical (unpaired) electrons. The van der Waals surface area contributed by atoms with Crippen LogP contribution in [0.3, 0.4) is 0 Å². The van der Waals surface area contributed by atoms with Crippen LogP contribution in [0.2, 0.25) is 0 Å². The van der Waals surface area contributed by atoms with Crippen LogP contribution in [0.1, 0.15) is 48.0 Å². The smallest absolute Gasteiger partial charge is 0.307 e. The van der Waals surface area contributed by atoms with Crippen LogP contribution in [0.4, 0.5) is 0 Å². The number of amides is 1. The third-order valence-electron chi connectivity index (χ3n) is 2.39. The van der Waals surface area contributed by atoms with Gasteiger partial charge in [-0.3, -0.25) is 9.59 Å². The summed E-state index contributed by atoms with van der Waals surface area (Å²) in [6, 6.07) is 0.0937. The highest BCUT2D eigenvalue weighted by Crippen LogP contribution is 2.19. The lowest BCUT2D eigenvalue weighted by Gasteiger charge is -2.32. The summed E-state index contributed by atoms with van der Waals surface area (Å²) in [5.74, 6) is -0.184. The number of hydrogen-bond donors (Lipinski definition) is 0. The lowest BCUT2D eigenvalue weighted by atomic mass is 9.94. The Morgan fingerprint density at radius 1 is 1.24 bits per heavy atom. The second kappa shape index (κ2) is 6.62. The van der Waals surface area contributed by atoms with Gasteiger partial charge in [0.15, 0.2) is 0 Å². The third-order valence-corrected chi connectivity index (χ3v) is 2.39. The van der Waals surface area contributed by atoms with Gasteiger partial charge in [-0.25, -0.2) is 0 Å². The largest absolute Gasteiger partial charge is 0.466 e. The zero-order chi connectivity index (χ0) is 13.6. The third kappa shape index (κ3) is 5.71. The molecule has 0 aromatic heterocycles. The van der Waals surface area contributed by atoms with Gasteiger partial charge in [-0.1, -0.05) is 20.8 Å². The Morgan fingerprint density at radius 3 is 2.12 bits per heavy atom. The fourth-order valence-corrected chi connectivity index (χ4v) is 1.47. The first-order chi connectivity index (χ1) is 7.70. The van der Waals surface area contributed by atoms with E-state index in [1.54, 1.807) is 11.8 Å². The molecule has 100 valence electrons. The summed E-state index contributed by atoms with van der Waals surface area (Å²) in [4.78, 5) is 25.2. The van der Waals surface area contributed by atoms with E-state index < -0.39 is 5.41 Å². The first-order valence-corrected chi connectivity index (χ1v) is 6.16. The highest BCUT2D eigenvalue weighted by Gasteiger charge is 2.28. The van der Waals surface area contributed by atoms with E-state index in [2.05, 4.69) is 0 Å². The highest BCUT2D eigenvalue weighted by molar-refractivity contribution is 5.82. The Morgan fingerprint density at radius 2 is 1.76 bits per heavy atom. The van der Waals surface area contributed by atoms with Crippen molar-refractivity contribution >= 4 is 11.9 Å². The average Bonchev–Trinajstić information content (AvgIpc) is 2.16. The Labute approximate surface area is 104 Å². The van der Waals surface area contributed by atoms with Gasteiger partial charge in [0, 0.05) is 18.0 Å². The summed E-state index contributed by atoms with van der Waals surface area (Å²) in [5, 5.41) is 0. The van der Waals surface area contributed by atoms with Crippen LogP contribution in [0.5, 0.6) is 0 Å². The number of nitrogens with zero attached hydrogens (tertiary/aromatic N) is 1. The molecule has 0 unspecified atom stereocenters. The molecule has 0 aliphatic rings. The van der Waals surface area contributed by atoms with Gasteiger partial charge in [0.05, 0.1) is 13.0 Å². The zero-order valence-corrected chi connectivity index (χ0v) is 11.9. The van der Waals surface area contributed by atoms with E-state index in [0.717, 1.165) is 0 Å². The lowest BCUT2D eigenvalue weighted by Crippen LogP contribution is -2.44. The predicted octanol–water partition coefficient (Wildman–Crippen LogP) is 2.22. The Hall–Kier alpha value is -1.06. The Bertz CT molecular complexity index is 266. The van der Waals surface area contributed by atoms with E-state index in [9.17, 15) is 9.59 Å².